The largest absolute Gasteiger partial charge is 0.381 e. The Balaban J connectivity index is 1.84. The highest BCUT2D eigenvalue weighted by atomic mass is 16.5. The first-order valence-electron chi connectivity index (χ1n) is 7.71. The third-order valence-corrected chi connectivity index (χ3v) is 3.80. The monoisotopic (exact) mass is 304 g/mol. The number of amides is 2. The van der Waals surface area contributed by atoms with Crippen molar-refractivity contribution < 1.29 is 14.3 Å². The maximum Gasteiger partial charge on any atom is 0.253 e. The Morgan fingerprint density at radius 1 is 1.36 bits per heavy atom. The molecule has 1 aromatic rings. The normalized spacial score (nSPS) is 17.8. The van der Waals surface area contributed by atoms with Gasteiger partial charge in [-0.3, -0.25) is 9.59 Å². The molecule has 1 unspecified atom stereocenters. The van der Waals surface area contributed by atoms with E-state index in [1.165, 1.54) is 0 Å². The van der Waals surface area contributed by atoms with Crippen molar-refractivity contribution in [3.8, 4) is 0 Å². The van der Waals surface area contributed by atoms with Gasteiger partial charge in [0.05, 0.1) is 0 Å². The van der Waals surface area contributed by atoms with Crippen LogP contribution in [0.15, 0.2) is 24.3 Å². The summed E-state index contributed by atoms with van der Waals surface area (Å²) in [5.41, 5.74) is 1.57. The molecule has 5 nitrogen and oxygen atoms in total. The van der Waals surface area contributed by atoms with Crippen molar-refractivity contribution in [1.29, 1.82) is 0 Å². The van der Waals surface area contributed by atoms with Crippen molar-refractivity contribution in [3.63, 3.8) is 0 Å². The summed E-state index contributed by atoms with van der Waals surface area (Å²) in [5.74, 6) is 0.336. The number of rotatable bonds is 5. The van der Waals surface area contributed by atoms with E-state index in [2.05, 4.69) is 5.32 Å². The molecular weight excluding hydrogens is 280 g/mol. The Labute approximate surface area is 131 Å². The number of carbonyl (C=O) groups is 2. The minimum absolute atomic E-state index is 0.0347. The van der Waals surface area contributed by atoms with E-state index >= 15 is 0 Å². The fourth-order valence-electron chi connectivity index (χ4n) is 2.58. The molecule has 1 N–H and O–H groups in total. The van der Waals surface area contributed by atoms with Crippen molar-refractivity contribution in [2.75, 3.05) is 27.3 Å². The van der Waals surface area contributed by atoms with E-state index in [1.807, 2.05) is 18.2 Å². The molecule has 1 fully saturated rings. The maximum absolute atomic E-state index is 12.0. The first kappa shape index (κ1) is 16.5. The van der Waals surface area contributed by atoms with Gasteiger partial charge in [0.1, 0.15) is 0 Å². The number of carbonyl (C=O) groups excluding carboxylic acids is 2. The molecule has 1 aliphatic rings. The molecule has 0 radical (unpaired) electrons. The summed E-state index contributed by atoms with van der Waals surface area (Å²) in [5, 5.41) is 2.92. The van der Waals surface area contributed by atoms with E-state index in [0.717, 1.165) is 25.0 Å². The zero-order valence-electron chi connectivity index (χ0n) is 13.3. The standard InChI is InChI=1S/C17H24N2O3/c1-19(2)17(21)15-7-3-5-13(9-15)11-18-16(20)10-14-6-4-8-22-12-14/h3,5,7,9,14H,4,6,8,10-12H2,1-2H3,(H,18,20). The molecule has 120 valence electrons. The van der Waals surface area contributed by atoms with Gasteiger partial charge in [-0.25, -0.2) is 0 Å². The predicted molar refractivity (Wildman–Crippen MR) is 84.5 cm³/mol. The molecule has 1 aromatic carbocycles. The Bertz CT molecular complexity index is 522. The van der Waals surface area contributed by atoms with Gasteiger partial charge in [0.2, 0.25) is 5.91 Å². The number of hydrogen-bond acceptors (Lipinski definition) is 3. The maximum atomic E-state index is 12.0. The van der Waals surface area contributed by atoms with Crippen LogP contribution in [0.3, 0.4) is 0 Å². The summed E-state index contributed by atoms with van der Waals surface area (Å²) < 4.78 is 5.39. The van der Waals surface area contributed by atoms with Gasteiger partial charge in [-0.1, -0.05) is 12.1 Å². The van der Waals surface area contributed by atoms with Crippen LogP contribution < -0.4 is 5.32 Å². The molecule has 1 aliphatic heterocycles. The van der Waals surface area contributed by atoms with Gasteiger partial charge in [-0.2, -0.15) is 0 Å². The lowest BCUT2D eigenvalue weighted by atomic mass is 9.98. The fourth-order valence-corrected chi connectivity index (χ4v) is 2.58. The van der Waals surface area contributed by atoms with Crippen LogP contribution in [0.1, 0.15) is 35.2 Å². The van der Waals surface area contributed by atoms with Crippen LogP contribution in [-0.2, 0) is 16.1 Å². The second-order valence-corrected chi connectivity index (χ2v) is 5.96. The van der Waals surface area contributed by atoms with Crippen molar-refractivity contribution in [2.24, 2.45) is 5.92 Å². The Morgan fingerprint density at radius 2 is 2.18 bits per heavy atom. The number of hydrogen-bond donors (Lipinski definition) is 1. The van der Waals surface area contributed by atoms with Crippen molar-refractivity contribution in [2.45, 2.75) is 25.8 Å². The average molecular weight is 304 g/mol. The van der Waals surface area contributed by atoms with Crippen LogP contribution in [0.25, 0.3) is 0 Å². The molecule has 0 bridgehead atoms. The Hall–Kier alpha value is -1.88. The highest BCUT2D eigenvalue weighted by molar-refractivity contribution is 5.94. The molecule has 1 saturated heterocycles. The second kappa shape index (κ2) is 7.94. The van der Waals surface area contributed by atoms with Gasteiger partial charge < -0.3 is 15.0 Å². The van der Waals surface area contributed by atoms with Crippen molar-refractivity contribution >= 4 is 11.8 Å². The number of benzene rings is 1. The summed E-state index contributed by atoms with van der Waals surface area (Å²) in [6.45, 7) is 1.94. The number of nitrogens with zero attached hydrogens (tertiary/aromatic N) is 1. The molecule has 0 aromatic heterocycles. The SMILES string of the molecule is CN(C)C(=O)c1cccc(CNC(=O)CC2CCCOC2)c1. The van der Waals surface area contributed by atoms with E-state index in [0.29, 0.717) is 31.1 Å². The average Bonchev–Trinajstić information content (AvgIpc) is 2.53. The lowest BCUT2D eigenvalue weighted by Gasteiger charge is -2.21. The van der Waals surface area contributed by atoms with E-state index in [1.54, 1.807) is 25.1 Å². The summed E-state index contributed by atoms with van der Waals surface area (Å²) in [6, 6.07) is 7.36. The van der Waals surface area contributed by atoms with E-state index in [4.69, 9.17) is 4.74 Å². The Morgan fingerprint density at radius 3 is 2.86 bits per heavy atom. The van der Waals surface area contributed by atoms with Crippen LogP contribution >= 0.6 is 0 Å². The van der Waals surface area contributed by atoms with E-state index in [9.17, 15) is 9.59 Å². The second-order valence-electron chi connectivity index (χ2n) is 5.96. The van der Waals surface area contributed by atoms with E-state index < -0.39 is 0 Å². The molecule has 1 atom stereocenters. The van der Waals surface area contributed by atoms with Crippen molar-refractivity contribution in [1.82, 2.24) is 10.2 Å². The smallest absolute Gasteiger partial charge is 0.253 e. The quantitative estimate of drug-likeness (QED) is 0.903. The van der Waals surface area contributed by atoms with Crippen molar-refractivity contribution in [3.05, 3.63) is 35.4 Å². The summed E-state index contributed by atoms with van der Waals surface area (Å²) in [6.07, 6.45) is 2.60. The highest BCUT2D eigenvalue weighted by Crippen LogP contribution is 2.17. The summed E-state index contributed by atoms with van der Waals surface area (Å²) in [4.78, 5) is 25.4. The molecule has 1 heterocycles. The molecule has 2 amide bonds. The molecular formula is C17H24N2O3. The van der Waals surface area contributed by atoms with Crippen LogP contribution in [-0.4, -0.2) is 44.0 Å². The fraction of sp³-hybridized carbons (Fsp3) is 0.529. The lowest BCUT2D eigenvalue weighted by molar-refractivity contribution is -0.123. The molecule has 2 rings (SSSR count). The number of ether oxygens (including phenoxy) is 1. The third kappa shape index (κ3) is 4.84. The van der Waals surface area contributed by atoms with Gasteiger partial charge in [0, 0.05) is 45.8 Å². The van der Waals surface area contributed by atoms with Crippen LogP contribution in [0, 0.1) is 5.92 Å². The van der Waals surface area contributed by atoms with E-state index in [-0.39, 0.29) is 11.8 Å². The third-order valence-electron chi connectivity index (χ3n) is 3.80. The van der Waals surface area contributed by atoms with Crippen LogP contribution in [0.2, 0.25) is 0 Å². The summed E-state index contributed by atoms with van der Waals surface area (Å²) >= 11 is 0. The van der Waals surface area contributed by atoms with Gasteiger partial charge >= 0.3 is 0 Å². The first-order valence-corrected chi connectivity index (χ1v) is 7.71. The van der Waals surface area contributed by atoms with Gasteiger partial charge in [0.25, 0.3) is 5.91 Å². The Kier molecular flexibility index (Phi) is 5.95. The van der Waals surface area contributed by atoms with Crippen LogP contribution in [0.4, 0.5) is 0 Å². The molecule has 0 spiro atoms. The van der Waals surface area contributed by atoms with Gasteiger partial charge in [-0.15, -0.1) is 0 Å². The summed E-state index contributed by atoms with van der Waals surface area (Å²) in [7, 11) is 3.45. The zero-order chi connectivity index (χ0) is 15.9. The molecule has 0 aliphatic carbocycles. The van der Waals surface area contributed by atoms with Crippen LogP contribution in [0.5, 0.6) is 0 Å². The minimum atomic E-state index is -0.0347. The zero-order valence-corrected chi connectivity index (χ0v) is 13.3. The highest BCUT2D eigenvalue weighted by Gasteiger charge is 2.17. The molecule has 0 saturated carbocycles. The molecule has 22 heavy (non-hydrogen) atoms. The molecule has 5 heteroatoms. The minimum Gasteiger partial charge on any atom is -0.381 e. The lowest BCUT2D eigenvalue weighted by Crippen LogP contribution is -2.28. The van der Waals surface area contributed by atoms with Gasteiger partial charge in [0.15, 0.2) is 0 Å². The topological polar surface area (TPSA) is 58.6 Å². The van der Waals surface area contributed by atoms with Gasteiger partial charge in [-0.05, 0) is 36.5 Å². The predicted octanol–water partition coefficient (Wildman–Crippen LogP) is 1.82. The first-order chi connectivity index (χ1) is 10.6. The number of nitrogens with one attached hydrogen (secondary N) is 1.